The summed E-state index contributed by atoms with van der Waals surface area (Å²) in [6.45, 7) is 4.22. The molecule has 3 atom stereocenters. The predicted octanol–water partition coefficient (Wildman–Crippen LogP) is 3.21. The third-order valence-electron chi connectivity index (χ3n) is 3.54. The van der Waals surface area contributed by atoms with E-state index in [-0.39, 0.29) is 0 Å². The lowest BCUT2D eigenvalue weighted by Crippen LogP contribution is -2.34. The van der Waals surface area contributed by atoms with E-state index in [4.69, 9.17) is 11.0 Å². The molecular formula is C14H17IN4. The number of anilines is 1. The van der Waals surface area contributed by atoms with Crippen molar-refractivity contribution in [3.05, 3.63) is 30.0 Å². The SMILES string of the molecule is C/C=C\C(=C/C1C(C)CC1I)n1ncc(C#N)c1N. The van der Waals surface area contributed by atoms with Crippen LogP contribution in [0.5, 0.6) is 0 Å². The molecule has 2 rings (SSSR count). The molecule has 100 valence electrons. The first-order valence-corrected chi connectivity index (χ1v) is 7.55. The number of halogens is 1. The van der Waals surface area contributed by atoms with Crippen molar-refractivity contribution in [3.8, 4) is 6.07 Å². The Hall–Kier alpha value is -1.29. The Morgan fingerprint density at radius 3 is 2.89 bits per heavy atom. The molecule has 0 bridgehead atoms. The normalized spacial score (nSPS) is 27.3. The van der Waals surface area contributed by atoms with Gasteiger partial charge in [0, 0.05) is 3.92 Å². The van der Waals surface area contributed by atoms with Crippen molar-refractivity contribution < 1.29 is 0 Å². The van der Waals surface area contributed by atoms with Crippen LogP contribution in [0.25, 0.3) is 5.70 Å². The molecular weight excluding hydrogens is 351 g/mol. The molecule has 0 radical (unpaired) electrons. The van der Waals surface area contributed by atoms with Crippen LogP contribution in [0.3, 0.4) is 0 Å². The molecule has 1 aliphatic rings. The average Bonchev–Trinajstić information content (AvgIpc) is 2.75. The summed E-state index contributed by atoms with van der Waals surface area (Å²) in [5, 5.41) is 13.2. The number of nitrogen functional groups attached to an aromatic ring is 1. The molecule has 1 aromatic heterocycles. The maximum atomic E-state index is 8.94. The third kappa shape index (κ3) is 2.68. The molecule has 1 aliphatic carbocycles. The summed E-state index contributed by atoms with van der Waals surface area (Å²) in [4.78, 5) is 0. The third-order valence-corrected chi connectivity index (χ3v) is 4.88. The summed E-state index contributed by atoms with van der Waals surface area (Å²) in [6.07, 6.45) is 8.93. The largest absolute Gasteiger partial charge is 0.382 e. The van der Waals surface area contributed by atoms with Crippen molar-refractivity contribution in [3.63, 3.8) is 0 Å². The summed E-state index contributed by atoms with van der Waals surface area (Å²) in [6, 6.07) is 2.05. The maximum Gasteiger partial charge on any atom is 0.145 e. The van der Waals surface area contributed by atoms with Gasteiger partial charge in [-0.05, 0) is 31.3 Å². The van der Waals surface area contributed by atoms with E-state index >= 15 is 0 Å². The first kappa shape index (κ1) is 14.1. The summed E-state index contributed by atoms with van der Waals surface area (Å²) >= 11 is 2.49. The Labute approximate surface area is 127 Å². The van der Waals surface area contributed by atoms with Gasteiger partial charge >= 0.3 is 0 Å². The van der Waals surface area contributed by atoms with Crippen molar-refractivity contribution in [1.29, 1.82) is 5.26 Å². The van der Waals surface area contributed by atoms with Crippen LogP contribution in [0, 0.1) is 23.2 Å². The van der Waals surface area contributed by atoms with Crippen LogP contribution in [0.4, 0.5) is 5.82 Å². The van der Waals surface area contributed by atoms with Gasteiger partial charge in [0.25, 0.3) is 0 Å². The number of nitrogens with two attached hydrogens (primary N) is 1. The molecule has 0 spiro atoms. The molecule has 0 saturated heterocycles. The van der Waals surface area contributed by atoms with Gasteiger partial charge in [-0.25, -0.2) is 4.68 Å². The van der Waals surface area contributed by atoms with Crippen molar-refractivity contribution in [2.45, 2.75) is 24.2 Å². The van der Waals surface area contributed by atoms with E-state index in [1.54, 1.807) is 4.68 Å². The molecule has 2 N–H and O–H groups in total. The zero-order chi connectivity index (χ0) is 14.0. The fraction of sp³-hybridized carbons (Fsp3) is 0.429. The number of nitriles is 1. The fourth-order valence-corrected chi connectivity index (χ4v) is 4.03. The first-order chi connectivity index (χ1) is 9.08. The second-order valence-corrected chi connectivity index (χ2v) is 6.46. The molecule has 0 amide bonds. The van der Waals surface area contributed by atoms with Crippen molar-refractivity contribution >= 4 is 34.1 Å². The number of rotatable bonds is 3. The van der Waals surface area contributed by atoms with Crippen molar-refractivity contribution in [2.75, 3.05) is 5.73 Å². The Morgan fingerprint density at radius 1 is 1.68 bits per heavy atom. The Bertz CT molecular complexity index is 556. The molecule has 5 heteroatoms. The quantitative estimate of drug-likeness (QED) is 0.506. The van der Waals surface area contributed by atoms with Crippen LogP contribution in [-0.4, -0.2) is 13.7 Å². The lowest BCUT2D eigenvalue weighted by molar-refractivity contribution is 0.277. The lowest BCUT2D eigenvalue weighted by atomic mass is 9.74. The fourth-order valence-electron chi connectivity index (χ4n) is 2.31. The predicted molar refractivity (Wildman–Crippen MR) is 85.5 cm³/mol. The maximum absolute atomic E-state index is 8.94. The van der Waals surface area contributed by atoms with Gasteiger partial charge in [-0.3, -0.25) is 0 Å². The van der Waals surface area contributed by atoms with Crippen LogP contribution < -0.4 is 5.73 Å². The minimum absolute atomic E-state index is 0.406. The molecule has 1 fully saturated rings. The van der Waals surface area contributed by atoms with E-state index in [1.165, 1.54) is 12.6 Å². The number of alkyl halides is 1. The Morgan fingerprint density at radius 2 is 2.42 bits per heavy atom. The monoisotopic (exact) mass is 368 g/mol. The van der Waals surface area contributed by atoms with Crippen molar-refractivity contribution in [2.24, 2.45) is 11.8 Å². The van der Waals surface area contributed by atoms with Crippen molar-refractivity contribution in [1.82, 2.24) is 9.78 Å². The average molecular weight is 368 g/mol. The molecule has 1 heterocycles. The van der Waals surface area contributed by atoms with E-state index in [0.29, 0.717) is 27.1 Å². The summed E-state index contributed by atoms with van der Waals surface area (Å²) in [7, 11) is 0. The van der Waals surface area contributed by atoms with Crippen LogP contribution in [0.15, 0.2) is 24.4 Å². The summed E-state index contributed by atoms with van der Waals surface area (Å²) < 4.78 is 2.31. The molecule has 0 aliphatic heterocycles. The molecule has 19 heavy (non-hydrogen) atoms. The highest BCUT2D eigenvalue weighted by atomic mass is 127. The van der Waals surface area contributed by atoms with Gasteiger partial charge in [0.05, 0.1) is 11.9 Å². The lowest BCUT2D eigenvalue weighted by Gasteiger charge is -2.38. The van der Waals surface area contributed by atoms with E-state index in [9.17, 15) is 0 Å². The molecule has 1 aromatic rings. The van der Waals surface area contributed by atoms with Crippen LogP contribution >= 0.6 is 22.6 Å². The Balaban J connectivity index is 2.38. The van der Waals surface area contributed by atoms with Gasteiger partial charge in [0.2, 0.25) is 0 Å². The van der Waals surface area contributed by atoms with E-state index in [2.05, 4.69) is 46.8 Å². The number of hydrogen-bond donors (Lipinski definition) is 1. The van der Waals surface area contributed by atoms with Gasteiger partial charge in [0.1, 0.15) is 17.5 Å². The Kier molecular flexibility index (Phi) is 4.30. The standard InChI is InChI=1S/C14H17IN4/c1-3-4-11(6-12-9(2)5-13(12)15)19-14(17)10(7-16)8-18-19/h3-4,6,8-9,12-13H,5,17H2,1-2H3/b4-3-,11-6+. The number of allylic oxidation sites excluding steroid dienone is 4. The highest BCUT2D eigenvalue weighted by Gasteiger charge is 2.34. The topological polar surface area (TPSA) is 67.6 Å². The highest BCUT2D eigenvalue weighted by molar-refractivity contribution is 14.1. The summed E-state index contributed by atoms with van der Waals surface area (Å²) in [5.74, 6) is 1.64. The van der Waals surface area contributed by atoms with Gasteiger partial charge < -0.3 is 5.73 Å². The van der Waals surface area contributed by atoms with Crippen LogP contribution in [-0.2, 0) is 0 Å². The highest BCUT2D eigenvalue weighted by Crippen LogP contribution is 2.42. The zero-order valence-corrected chi connectivity index (χ0v) is 13.2. The molecule has 3 unspecified atom stereocenters. The molecule has 1 saturated carbocycles. The van der Waals surface area contributed by atoms with Gasteiger partial charge in [-0.15, -0.1) is 0 Å². The van der Waals surface area contributed by atoms with E-state index in [1.807, 2.05) is 19.1 Å². The number of nitrogens with zero attached hydrogens (tertiary/aromatic N) is 3. The summed E-state index contributed by atoms with van der Waals surface area (Å²) in [5.41, 5.74) is 7.31. The van der Waals surface area contributed by atoms with Gasteiger partial charge in [-0.2, -0.15) is 10.4 Å². The number of hydrogen-bond acceptors (Lipinski definition) is 3. The second-order valence-electron chi connectivity index (χ2n) is 4.86. The van der Waals surface area contributed by atoms with Gasteiger partial charge in [0.15, 0.2) is 0 Å². The smallest absolute Gasteiger partial charge is 0.145 e. The first-order valence-electron chi connectivity index (χ1n) is 6.31. The van der Waals surface area contributed by atoms with E-state index in [0.717, 1.165) is 5.70 Å². The van der Waals surface area contributed by atoms with Crippen LogP contribution in [0.2, 0.25) is 0 Å². The van der Waals surface area contributed by atoms with E-state index < -0.39 is 0 Å². The van der Waals surface area contributed by atoms with Gasteiger partial charge in [-0.1, -0.05) is 41.7 Å². The molecule has 0 aromatic carbocycles. The number of aromatic nitrogens is 2. The zero-order valence-electron chi connectivity index (χ0n) is 11.0. The van der Waals surface area contributed by atoms with Crippen LogP contribution in [0.1, 0.15) is 25.8 Å². The minimum atomic E-state index is 0.406. The molecule has 4 nitrogen and oxygen atoms in total. The minimum Gasteiger partial charge on any atom is -0.382 e. The second kappa shape index (κ2) is 5.78.